The topological polar surface area (TPSA) is 29.5 Å². The molecule has 0 unspecified atom stereocenters. The van der Waals surface area contributed by atoms with Crippen molar-refractivity contribution < 1.29 is 22.7 Å². The molecule has 0 aliphatic carbocycles. The Morgan fingerprint density at radius 2 is 1.96 bits per heavy atom. The van der Waals surface area contributed by atoms with Crippen molar-refractivity contribution in [2.75, 3.05) is 13.1 Å². The van der Waals surface area contributed by atoms with Crippen molar-refractivity contribution >= 4 is 5.91 Å². The Balaban J connectivity index is 1.59. The molecule has 1 saturated heterocycles. The van der Waals surface area contributed by atoms with Crippen molar-refractivity contribution in [2.45, 2.75) is 25.6 Å². The number of hydrogen-bond donors (Lipinski definition) is 0. The molecule has 1 aliphatic rings. The molecule has 3 nitrogen and oxygen atoms in total. The lowest BCUT2D eigenvalue weighted by atomic mass is 10.1. The van der Waals surface area contributed by atoms with E-state index in [1.807, 2.05) is 0 Å². The Hall–Kier alpha value is -2.34. The predicted octanol–water partition coefficient (Wildman–Crippen LogP) is 3.93. The summed E-state index contributed by atoms with van der Waals surface area (Å²) < 4.78 is 45.2. The van der Waals surface area contributed by atoms with Gasteiger partial charge in [0.1, 0.15) is 5.82 Å². The van der Waals surface area contributed by atoms with Gasteiger partial charge in [0.2, 0.25) is 0 Å². The second-order valence-corrected chi connectivity index (χ2v) is 6.09. The maximum atomic E-state index is 13.3. The monoisotopic (exact) mass is 349 g/mol. The first-order chi connectivity index (χ1) is 12.0. The molecule has 0 saturated carbocycles. The quantitative estimate of drug-likeness (QED) is 0.837. The second kappa shape index (κ2) is 7.70. The number of likely N-dealkylation sites (tertiary alicyclic amines) is 1. The van der Waals surface area contributed by atoms with Gasteiger partial charge in [-0.2, -0.15) is 0 Å². The highest BCUT2D eigenvalue weighted by atomic mass is 19.2. The molecule has 1 aliphatic heterocycles. The molecule has 132 valence electrons. The number of ether oxygens (including phenoxy) is 1. The number of rotatable bonds is 4. The zero-order valence-electron chi connectivity index (χ0n) is 13.6. The maximum absolute atomic E-state index is 13.3. The van der Waals surface area contributed by atoms with Crippen LogP contribution < -0.4 is 0 Å². The normalized spacial score (nSPS) is 17.6. The van der Waals surface area contributed by atoms with Crippen molar-refractivity contribution in [3.8, 4) is 0 Å². The number of piperidine rings is 1. The molecule has 0 N–H and O–H groups in total. The van der Waals surface area contributed by atoms with E-state index in [0.29, 0.717) is 24.2 Å². The van der Waals surface area contributed by atoms with Crippen LogP contribution in [-0.2, 0) is 11.3 Å². The molecule has 2 aromatic carbocycles. The summed E-state index contributed by atoms with van der Waals surface area (Å²) in [6, 6.07) is 9.23. The van der Waals surface area contributed by atoms with Gasteiger partial charge in [0, 0.05) is 18.7 Å². The molecule has 0 bridgehead atoms. The Kier molecular flexibility index (Phi) is 5.38. The van der Waals surface area contributed by atoms with Gasteiger partial charge in [-0.3, -0.25) is 4.79 Å². The molecule has 0 spiro atoms. The minimum Gasteiger partial charge on any atom is -0.372 e. The lowest BCUT2D eigenvalue weighted by molar-refractivity contribution is -0.00683. The molecule has 1 fully saturated rings. The largest absolute Gasteiger partial charge is 0.372 e. The molecule has 25 heavy (non-hydrogen) atoms. The van der Waals surface area contributed by atoms with Gasteiger partial charge in [0.05, 0.1) is 12.7 Å². The summed E-state index contributed by atoms with van der Waals surface area (Å²) in [5.74, 6) is -2.49. The Labute approximate surface area is 144 Å². The van der Waals surface area contributed by atoms with Crippen molar-refractivity contribution in [3.05, 3.63) is 71.0 Å². The van der Waals surface area contributed by atoms with E-state index in [0.717, 1.165) is 25.0 Å². The summed E-state index contributed by atoms with van der Waals surface area (Å²) in [5, 5.41) is 0. The fourth-order valence-corrected chi connectivity index (χ4v) is 2.91. The third-order valence-corrected chi connectivity index (χ3v) is 4.21. The molecular formula is C19H18F3NO2. The number of amides is 1. The molecular weight excluding hydrogens is 331 g/mol. The average Bonchev–Trinajstić information content (AvgIpc) is 2.62. The zero-order chi connectivity index (χ0) is 17.8. The van der Waals surface area contributed by atoms with Crippen LogP contribution in [-0.4, -0.2) is 30.0 Å². The van der Waals surface area contributed by atoms with E-state index in [2.05, 4.69) is 0 Å². The van der Waals surface area contributed by atoms with E-state index in [1.165, 1.54) is 24.3 Å². The zero-order valence-corrected chi connectivity index (χ0v) is 13.6. The highest BCUT2D eigenvalue weighted by Crippen LogP contribution is 2.18. The van der Waals surface area contributed by atoms with Gasteiger partial charge in [0.25, 0.3) is 5.91 Å². The molecule has 1 amide bonds. The van der Waals surface area contributed by atoms with Crippen molar-refractivity contribution in [2.24, 2.45) is 0 Å². The summed E-state index contributed by atoms with van der Waals surface area (Å²) in [6.07, 6.45) is 1.35. The van der Waals surface area contributed by atoms with E-state index < -0.39 is 17.5 Å². The second-order valence-electron chi connectivity index (χ2n) is 6.09. The standard InChI is InChI=1S/C19H18F3NO2/c20-15-4-1-3-14(10-15)19(24)23-8-2-5-16(11-23)25-12-13-6-7-17(21)18(22)9-13/h1,3-4,6-7,9-10,16H,2,5,8,11-12H2/t16-/m1/s1. The number of nitrogens with zero attached hydrogens (tertiary/aromatic N) is 1. The highest BCUT2D eigenvalue weighted by molar-refractivity contribution is 5.94. The fourth-order valence-electron chi connectivity index (χ4n) is 2.91. The van der Waals surface area contributed by atoms with E-state index in [4.69, 9.17) is 4.74 Å². The minimum absolute atomic E-state index is 0.143. The number of carbonyl (C=O) groups excluding carboxylic acids is 1. The Morgan fingerprint density at radius 3 is 2.72 bits per heavy atom. The number of hydrogen-bond acceptors (Lipinski definition) is 2. The first-order valence-corrected chi connectivity index (χ1v) is 8.13. The molecule has 3 rings (SSSR count). The first kappa shape index (κ1) is 17.5. The lowest BCUT2D eigenvalue weighted by Gasteiger charge is -2.32. The van der Waals surface area contributed by atoms with E-state index in [-0.39, 0.29) is 18.6 Å². The average molecular weight is 349 g/mol. The summed E-state index contributed by atoms with van der Waals surface area (Å²) in [7, 11) is 0. The van der Waals surface area contributed by atoms with Crippen LogP contribution >= 0.6 is 0 Å². The summed E-state index contributed by atoms with van der Waals surface area (Å²) in [4.78, 5) is 14.1. The summed E-state index contributed by atoms with van der Waals surface area (Å²) >= 11 is 0. The third-order valence-electron chi connectivity index (χ3n) is 4.21. The molecule has 1 atom stereocenters. The molecule has 6 heteroatoms. The van der Waals surface area contributed by atoms with Gasteiger partial charge >= 0.3 is 0 Å². The number of carbonyl (C=O) groups is 1. The van der Waals surface area contributed by atoms with Crippen LogP contribution in [0.15, 0.2) is 42.5 Å². The maximum Gasteiger partial charge on any atom is 0.254 e. The molecule has 0 radical (unpaired) electrons. The number of halogens is 3. The van der Waals surface area contributed by atoms with E-state index >= 15 is 0 Å². The first-order valence-electron chi connectivity index (χ1n) is 8.13. The Morgan fingerprint density at radius 1 is 1.12 bits per heavy atom. The van der Waals surface area contributed by atoms with Gasteiger partial charge in [-0.15, -0.1) is 0 Å². The Bertz CT molecular complexity index is 766. The van der Waals surface area contributed by atoms with Crippen molar-refractivity contribution in [3.63, 3.8) is 0 Å². The van der Waals surface area contributed by atoms with Crippen LogP contribution in [0, 0.1) is 17.5 Å². The van der Waals surface area contributed by atoms with Crippen LogP contribution in [0.25, 0.3) is 0 Å². The van der Waals surface area contributed by atoms with Gasteiger partial charge in [0.15, 0.2) is 11.6 Å². The summed E-state index contributed by atoms with van der Waals surface area (Å²) in [6.45, 7) is 1.11. The van der Waals surface area contributed by atoms with Gasteiger partial charge in [-0.05, 0) is 48.7 Å². The van der Waals surface area contributed by atoms with Crippen molar-refractivity contribution in [1.82, 2.24) is 4.90 Å². The molecule has 2 aromatic rings. The van der Waals surface area contributed by atoms with Gasteiger partial charge in [-0.25, -0.2) is 13.2 Å². The third kappa shape index (κ3) is 4.39. The smallest absolute Gasteiger partial charge is 0.254 e. The van der Waals surface area contributed by atoms with Crippen LogP contribution in [0.5, 0.6) is 0 Å². The molecule has 0 aromatic heterocycles. The van der Waals surface area contributed by atoms with Crippen molar-refractivity contribution in [1.29, 1.82) is 0 Å². The highest BCUT2D eigenvalue weighted by Gasteiger charge is 2.25. The SMILES string of the molecule is O=C(c1cccc(F)c1)N1CCC[C@@H](OCc2ccc(F)c(F)c2)C1. The summed E-state index contributed by atoms with van der Waals surface area (Å²) in [5.41, 5.74) is 0.841. The number of benzene rings is 2. The predicted molar refractivity (Wildman–Crippen MR) is 86.5 cm³/mol. The van der Waals surface area contributed by atoms with Crippen LogP contribution in [0.4, 0.5) is 13.2 Å². The van der Waals surface area contributed by atoms with Crippen LogP contribution in [0.2, 0.25) is 0 Å². The molecule has 1 heterocycles. The minimum atomic E-state index is -0.910. The van der Waals surface area contributed by atoms with E-state index in [1.54, 1.807) is 11.0 Å². The van der Waals surface area contributed by atoms with Crippen LogP contribution in [0.3, 0.4) is 0 Å². The van der Waals surface area contributed by atoms with Crippen LogP contribution in [0.1, 0.15) is 28.8 Å². The van der Waals surface area contributed by atoms with E-state index in [9.17, 15) is 18.0 Å². The fraction of sp³-hybridized carbons (Fsp3) is 0.316. The lowest BCUT2D eigenvalue weighted by Crippen LogP contribution is -2.43. The van der Waals surface area contributed by atoms with Gasteiger partial charge < -0.3 is 9.64 Å². The van der Waals surface area contributed by atoms with Gasteiger partial charge in [-0.1, -0.05) is 12.1 Å².